The second-order valence-electron chi connectivity index (χ2n) is 3.47. The van der Waals surface area contributed by atoms with Gasteiger partial charge in [-0.05, 0) is 19.1 Å². The highest BCUT2D eigenvalue weighted by atomic mass is 32.2. The van der Waals surface area contributed by atoms with Crippen molar-refractivity contribution in [1.82, 2.24) is 0 Å². The van der Waals surface area contributed by atoms with Crippen LogP contribution >= 0.6 is 0 Å². The Labute approximate surface area is 105 Å². The standard InChI is InChI=1S/C11H13NO5S/c1-2-17-11(14)7-10(13)8-3-5-9(6-4-8)18(12,15)16/h3-6H,2,7H2,1H3,(H2,12,15,16). The zero-order chi connectivity index (χ0) is 13.8. The maximum Gasteiger partial charge on any atom is 0.313 e. The molecule has 0 aromatic heterocycles. The molecular formula is C11H13NO5S. The summed E-state index contributed by atoms with van der Waals surface area (Å²) in [5.74, 6) is -1.05. The molecule has 98 valence electrons. The number of sulfonamides is 1. The van der Waals surface area contributed by atoms with E-state index in [9.17, 15) is 18.0 Å². The summed E-state index contributed by atoms with van der Waals surface area (Å²) < 4.78 is 26.6. The Balaban J connectivity index is 2.80. The first-order valence-electron chi connectivity index (χ1n) is 5.16. The number of Topliss-reactive ketones (excluding diaryl/α,β-unsaturated/α-hetero) is 1. The van der Waals surface area contributed by atoms with Crippen LogP contribution in [0.1, 0.15) is 23.7 Å². The van der Waals surface area contributed by atoms with Crippen molar-refractivity contribution in [2.75, 3.05) is 6.61 Å². The number of hydrogen-bond donors (Lipinski definition) is 1. The number of carbonyl (C=O) groups excluding carboxylic acids is 2. The van der Waals surface area contributed by atoms with E-state index >= 15 is 0 Å². The number of esters is 1. The van der Waals surface area contributed by atoms with Gasteiger partial charge in [0.05, 0.1) is 11.5 Å². The summed E-state index contributed by atoms with van der Waals surface area (Å²) in [5, 5.41) is 4.92. The maximum absolute atomic E-state index is 11.6. The topological polar surface area (TPSA) is 104 Å². The molecule has 0 radical (unpaired) electrons. The minimum absolute atomic E-state index is 0.0878. The summed E-state index contributed by atoms with van der Waals surface area (Å²) in [5.41, 5.74) is 0.232. The molecule has 0 bridgehead atoms. The van der Waals surface area contributed by atoms with Crippen LogP contribution in [-0.2, 0) is 19.6 Å². The molecule has 0 aliphatic heterocycles. The summed E-state index contributed by atoms with van der Waals surface area (Å²) in [6.45, 7) is 1.85. The van der Waals surface area contributed by atoms with Gasteiger partial charge in [0.1, 0.15) is 6.42 Å². The summed E-state index contributed by atoms with van der Waals surface area (Å²) in [7, 11) is -3.78. The van der Waals surface area contributed by atoms with Crippen LogP contribution in [0.5, 0.6) is 0 Å². The van der Waals surface area contributed by atoms with Crippen LogP contribution in [0, 0.1) is 0 Å². The summed E-state index contributed by atoms with van der Waals surface area (Å²) in [4.78, 5) is 22.6. The number of benzene rings is 1. The average molecular weight is 271 g/mol. The van der Waals surface area contributed by atoms with Gasteiger partial charge in [0, 0.05) is 5.56 Å². The van der Waals surface area contributed by atoms with Gasteiger partial charge in [-0.3, -0.25) is 9.59 Å². The third-order valence-corrected chi connectivity index (χ3v) is 3.04. The van der Waals surface area contributed by atoms with Gasteiger partial charge in [-0.15, -0.1) is 0 Å². The lowest BCUT2D eigenvalue weighted by atomic mass is 10.1. The van der Waals surface area contributed by atoms with E-state index in [1.54, 1.807) is 6.92 Å². The lowest BCUT2D eigenvalue weighted by molar-refractivity contribution is -0.141. The average Bonchev–Trinajstić information content (AvgIpc) is 2.28. The SMILES string of the molecule is CCOC(=O)CC(=O)c1ccc(S(N)(=O)=O)cc1. The first-order valence-corrected chi connectivity index (χ1v) is 6.71. The maximum atomic E-state index is 11.6. The molecule has 0 saturated heterocycles. The van der Waals surface area contributed by atoms with Gasteiger partial charge in [0.2, 0.25) is 10.0 Å². The fraction of sp³-hybridized carbons (Fsp3) is 0.273. The molecule has 18 heavy (non-hydrogen) atoms. The Morgan fingerprint density at radius 1 is 1.22 bits per heavy atom. The van der Waals surface area contributed by atoms with Gasteiger partial charge in [-0.1, -0.05) is 12.1 Å². The van der Waals surface area contributed by atoms with Gasteiger partial charge < -0.3 is 4.74 Å². The molecule has 0 unspecified atom stereocenters. The van der Waals surface area contributed by atoms with Crippen molar-refractivity contribution < 1.29 is 22.7 Å². The van der Waals surface area contributed by atoms with E-state index in [1.165, 1.54) is 24.3 Å². The number of ether oxygens (including phenoxy) is 1. The van der Waals surface area contributed by atoms with Gasteiger partial charge in [-0.2, -0.15) is 0 Å². The molecule has 1 aromatic rings. The van der Waals surface area contributed by atoms with Crippen LogP contribution in [0.25, 0.3) is 0 Å². The van der Waals surface area contributed by atoms with Crippen molar-refractivity contribution in [2.45, 2.75) is 18.2 Å². The normalized spacial score (nSPS) is 11.0. The molecule has 0 spiro atoms. The second kappa shape index (κ2) is 5.74. The largest absolute Gasteiger partial charge is 0.466 e. The van der Waals surface area contributed by atoms with Crippen molar-refractivity contribution in [3.8, 4) is 0 Å². The Morgan fingerprint density at radius 3 is 2.22 bits per heavy atom. The van der Waals surface area contributed by atoms with E-state index in [0.717, 1.165) is 0 Å². The van der Waals surface area contributed by atoms with E-state index in [1.807, 2.05) is 0 Å². The molecule has 0 aliphatic rings. The minimum Gasteiger partial charge on any atom is -0.466 e. The Kier molecular flexibility index (Phi) is 4.57. The van der Waals surface area contributed by atoms with Crippen LogP contribution in [0.15, 0.2) is 29.2 Å². The van der Waals surface area contributed by atoms with E-state index < -0.39 is 21.8 Å². The van der Waals surface area contributed by atoms with E-state index in [-0.39, 0.29) is 23.5 Å². The van der Waals surface area contributed by atoms with Crippen molar-refractivity contribution in [3.63, 3.8) is 0 Å². The second-order valence-corrected chi connectivity index (χ2v) is 5.04. The molecule has 0 heterocycles. The molecule has 0 fully saturated rings. The van der Waals surface area contributed by atoms with Gasteiger partial charge in [0.25, 0.3) is 0 Å². The summed E-state index contributed by atoms with van der Waals surface area (Å²) >= 11 is 0. The Morgan fingerprint density at radius 2 is 1.78 bits per heavy atom. The summed E-state index contributed by atoms with van der Waals surface area (Å²) in [6, 6.07) is 5.05. The Hall–Kier alpha value is -1.73. The first-order chi connectivity index (χ1) is 8.34. The van der Waals surface area contributed by atoms with Crippen LogP contribution in [-0.4, -0.2) is 26.8 Å². The highest BCUT2D eigenvalue weighted by Gasteiger charge is 2.14. The minimum atomic E-state index is -3.78. The van der Waals surface area contributed by atoms with Crippen molar-refractivity contribution in [1.29, 1.82) is 0 Å². The molecule has 0 saturated carbocycles. The van der Waals surface area contributed by atoms with Crippen LogP contribution in [0.4, 0.5) is 0 Å². The predicted octanol–water partition coefficient (Wildman–Crippen LogP) is 0.470. The number of nitrogens with two attached hydrogens (primary N) is 1. The molecular weight excluding hydrogens is 258 g/mol. The molecule has 0 amide bonds. The number of ketones is 1. The zero-order valence-corrected chi connectivity index (χ0v) is 10.6. The van der Waals surface area contributed by atoms with Crippen molar-refractivity contribution >= 4 is 21.8 Å². The zero-order valence-electron chi connectivity index (χ0n) is 9.75. The number of primary sulfonamides is 1. The number of rotatable bonds is 5. The van der Waals surface area contributed by atoms with Crippen LogP contribution in [0.3, 0.4) is 0 Å². The van der Waals surface area contributed by atoms with E-state index in [2.05, 4.69) is 4.74 Å². The van der Waals surface area contributed by atoms with E-state index in [0.29, 0.717) is 0 Å². The fourth-order valence-electron chi connectivity index (χ4n) is 1.28. The van der Waals surface area contributed by atoms with E-state index in [4.69, 9.17) is 5.14 Å². The molecule has 1 aromatic carbocycles. The lowest BCUT2D eigenvalue weighted by Gasteiger charge is -2.02. The fourth-order valence-corrected chi connectivity index (χ4v) is 1.79. The quantitative estimate of drug-likeness (QED) is 0.476. The highest BCUT2D eigenvalue weighted by molar-refractivity contribution is 7.89. The van der Waals surface area contributed by atoms with Gasteiger partial charge >= 0.3 is 5.97 Å². The number of carbonyl (C=O) groups is 2. The third kappa shape index (κ3) is 3.94. The molecule has 2 N–H and O–H groups in total. The molecule has 0 atom stereocenters. The van der Waals surface area contributed by atoms with Crippen LogP contribution in [0.2, 0.25) is 0 Å². The predicted molar refractivity (Wildman–Crippen MR) is 63.4 cm³/mol. The monoisotopic (exact) mass is 271 g/mol. The van der Waals surface area contributed by atoms with Gasteiger partial charge in [0.15, 0.2) is 5.78 Å². The lowest BCUT2D eigenvalue weighted by Crippen LogP contribution is -2.13. The third-order valence-electron chi connectivity index (χ3n) is 2.12. The first kappa shape index (κ1) is 14.3. The van der Waals surface area contributed by atoms with Crippen LogP contribution < -0.4 is 5.14 Å². The molecule has 1 rings (SSSR count). The molecule has 0 aliphatic carbocycles. The van der Waals surface area contributed by atoms with Crippen molar-refractivity contribution in [2.24, 2.45) is 5.14 Å². The van der Waals surface area contributed by atoms with Crippen molar-refractivity contribution in [3.05, 3.63) is 29.8 Å². The number of hydrogen-bond acceptors (Lipinski definition) is 5. The summed E-state index contributed by atoms with van der Waals surface area (Å²) in [6.07, 6.45) is -0.372. The Bertz CT molecular complexity index is 547. The van der Waals surface area contributed by atoms with Gasteiger partial charge in [-0.25, -0.2) is 13.6 Å². The smallest absolute Gasteiger partial charge is 0.313 e. The molecule has 7 heteroatoms. The molecule has 6 nitrogen and oxygen atoms in total. The highest BCUT2D eigenvalue weighted by Crippen LogP contribution is 2.10.